The fourth-order valence-electron chi connectivity index (χ4n) is 4.00. The first-order chi connectivity index (χ1) is 12.4. The minimum Gasteiger partial charge on any atom is -0.428 e. The van der Waals surface area contributed by atoms with Crippen LogP contribution in [0.2, 0.25) is 0 Å². The van der Waals surface area contributed by atoms with Gasteiger partial charge in [-0.25, -0.2) is 9.79 Å². The number of allylic oxidation sites excluding steroid dienone is 1. The van der Waals surface area contributed by atoms with Gasteiger partial charge in [-0.2, -0.15) is 0 Å². The molecule has 0 N–H and O–H groups in total. The maximum atomic E-state index is 12.7. The lowest BCUT2D eigenvalue weighted by molar-refractivity contribution is -0.146. The van der Waals surface area contributed by atoms with E-state index in [4.69, 9.17) is 9.47 Å². The number of carbonyl (C=O) groups excluding carboxylic acids is 2. The van der Waals surface area contributed by atoms with E-state index in [9.17, 15) is 9.59 Å². The summed E-state index contributed by atoms with van der Waals surface area (Å²) in [4.78, 5) is 29.7. The Labute approximate surface area is 156 Å². The van der Waals surface area contributed by atoms with Crippen molar-refractivity contribution in [2.45, 2.75) is 85.0 Å². The van der Waals surface area contributed by atoms with Gasteiger partial charge in [0.25, 0.3) is 0 Å². The molecule has 26 heavy (non-hydrogen) atoms. The summed E-state index contributed by atoms with van der Waals surface area (Å²) in [7, 11) is 0. The molecule has 0 bridgehead atoms. The van der Waals surface area contributed by atoms with Crippen molar-refractivity contribution in [3.63, 3.8) is 0 Å². The van der Waals surface area contributed by atoms with Crippen molar-refractivity contribution in [3.8, 4) is 0 Å². The quantitative estimate of drug-likeness (QED) is 0.407. The SMILES string of the molecule is CC(C)(C)C1=N/C(=C(/OC(=O)C2CCCCC2)C2CCCCC2)C(=O)O1. The van der Waals surface area contributed by atoms with Crippen molar-refractivity contribution in [2.75, 3.05) is 0 Å². The number of carbonyl (C=O) groups is 2. The van der Waals surface area contributed by atoms with E-state index in [1.165, 1.54) is 12.8 Å². The Hall–Kier alpha value is -1.65. The molecule has 0 aromatic heterocycles. The molecule has 0 atom stereocenters. The molecule has 2 saturated carbocycles. The third-order valence-electron chi connectivity index (χ3n) is 5.60. The molecule has 5 nitrogen and oxygen atoms in total. The summed E-state index contributed by atoms with van der Waals surface area (Å²) >= 11 is 0. The highest BCUT2D eigenvalue weighted by Crippen LogP contribution is 2.36. The van der Waals surface area contributed by atoms with E-state index < -0.39 is 5.97 Å². The van der Waals surface area contributed by atoms with Gasteiger partial charge >= 0.3 is 11.9 Å². The van der Waals surface area contributed by atoms with Gasteiger partial charge < -0.3 is 9.47 Å². The van der Waals surface area contributed by atoms with Gasteiger partial charge in [0.1, 0.15) is 5.76 Å². The van der Waals surface area contributed by atoms with Crippen LogP contribution in [-0.4, -0.2) is 17.8 Å². The van der Waals surface area contributed by atoms with E-state index in [1.54, 1.807) is 0 Å². The monoisotopic (exact) mass is 361 g/mol. The summed E-state index contributed by atoms with van der Waals surface area (Å²) in [5.41, 5.74) is -0.145. The number of aliphatic imine (C=N–C) groups is 1. The zero-order valence-electron chi connectivity index (χ0n) is 16.3. The van der Waals surface area contributed by atoms with Gasteiger partial charge in [-0.15, -0.1) is 0 Å². The summed E-state index contributed by atoms with van der Waals surface area (Å²) in [5.74, 6) is 0.231. The second-order valence-corrected chi connectivity index (χ2v) is 8.86. The topological polar surface area (TPSA) is 65.0 Å². The first-order valence-corrected chi connectivity index (χ1v) is 10.1. The Balaban J connectivity index is 1.89. The molecule has 144 valence electrons. The van der Waals surface area contributed by atoms with Crippen LogP contribution in [-0.2, 0) is 19.1 Å². The van der Waals surface area contributed by atoms with Crippen molar-refractivity contribution in [2.24, 2.45) is 22.2 Å². The summed E-state index contributed by atoms with van der Waals surface area (Å²) < 4.78 is 11.3. The average molecular weight is 361 g/mol. The van der Waals surface area contributed by atoms with Crippen molar-refractivity contribution in [1.29, 1.82) is 0 Å². The minimum absolute atomic E-state index is 0.0496. The van der Waals surface area contributed by atoms with Crippen molar-refractivity contribution >= 4 is 17.8 Å². The summed E-state index contributed by atoms with van der Waals surface area (Å²) in [6.07, 6.45) is 10.3. The van der Waals surface area contributed by atoms with Crippen LogP contribution in [0.5, 0.6) is 0 Å². The Bertz CT molecular complexity index is 614. The fraction of sp³-hybridized carbons (Fsp3) is 0.762. The number of rotatable bonds is 3. The van der Waals surface area contributed by atoms with Gasteiger partial charge in [0.05, 0.1) is 5.92 Å². The standard InChI is InChI=1S/C21H31NO4/c1-21(2,3)20-22-16(19(24)26-20)17(14-10-6-4-7-11-14)25-18(23)15-12-8-5-9-13-15/h14-15H,4-13H2,1-3H3/b17-16+. The molecule has 0 amide bonds. The van der Waals surface area contributed by atoms with Crippen LogP contribution in [0, 0.1) is 17.3 Å². The minimum atomic E-state index is -0.480. The van der Waals surface area contributed by atoms with Gasteiger partial charge in [0.2, 0.25) is 5.90 Å². The van der Waals surface area contributed by atoms with Crippen molar-refractivity contribution in [3.05, 3.63) is 11.5 Å². The molecule has 0 saturated heterocycles. The molecule has 2 aliphatic carbocycles. The second kappa shape index (κ2) is 7.93. The Morgan fingerprint density at radius 3 is 2.00 bits per heavy atom. The molecule has 3 aliphatic rings. The van der Waals surface area contributed by atoms with Gasteiger partial charge in [-0.3, -0.25) is 4.79 Å². The fourth-order valence-corrected chi connectivity index (χ4v) is 4.00. The second-order valence-electron chi connectivity index (χ2n) is 8.86. The van der Waals surface area contributed by atoms with Crippen LogP contribution < -0.4 is 0 Å². The molecule has 0 spiro atoms. The van der Waals surface area contributed by atoms with Crippen molar-refractivity contribution < 1.29 is 19.1 Å². The predicted octanol–water partition coefficient (Wildman–Crippen LogP) is 4.90. The number of cyclic esters (lactones) is 1. The molecule has 0 aromatic carbocycles. The van der Waals surface area contributed by atoms with Crippen LogP contribution in [0.3, 0.4) is 0 Å². The van der Waals surface area contributed by atoms with Gasteiger partial charge in [0, 0.05) is 11.3 Å². The van der Waals surface area contributed by atoms with E-state index >= 15 is 0 Å². The number of hydrogen-bond acceptors (Lipinski definition) is 5. The molecular formula is C21H31NO4. The van der Waals surface area contributed by atoms with Crippen LogP contribution in [0.15, 0.2) is 16.4 Å². The third-order valence-corrected chi connectivity index (χ3v) is 5.60. The summed E-state index contributed by atoms with van der Waals surface area (Å²) in [6.45, 7) is 5.86. The lowest BCUT2D eigenvalue weighted by Crippen LogP contribution is -2.24. The first-order valence-electron chi connectivity index (χ1n) is 10.1. The summed E-state index contributed by atoms with van der Waals surface area (Å²) in [6, 6.07) is 0. The molecule has 5 heteroatoms. The number of hydrogen-bond donors (Lipinski definition) is 0. The van der Waals surface area contributed by atoms with Crippen molar-refractivity contribution in [1.82, 2.24) is 0 Å². The number of nitrogens with zero attached hydrogens (tertiary/aromatic N) is 1. The van der Waals surface area contributed by atoms with Crippen LogP contribution >= 0.6 is 0 Å². The normalized spacial score (nSPS) is 24.9. The lowest BCUT2D eigenvalue weighted by Gasteiger charge is -2.26. The highest BCUT2D eigenvalue weighted by molar-refractivity contribution is 6.06. The average Bonchev–Trinajstić information content (AvgIpc) is 3.03. The Morgan fingerprint density at radius 2 is 1.50 bits per heavy atom. The van der Waals surface area contributed by atoms with Gasteiger partial charge in [-0.05, 0) is 25.7 Å². The van der Waals surface area contributed by atoms with Gasteiger partial charge in [-0.1, -0.05) is 59.3 Å². The zero-order valence-corrected chi connectivity index (χ0v) is 16.3. The molecule has 1 aliphatic heterocycles. The largest absolute Gasteiger partial charge is 0.428 e. The van der Waals surface area contributed by atoms with Crippen LogP contribution in [0.4, 0.5) is 0 Å². The van der Waals surface area contributed by atoms with E-state index in [1.807, 2.05) is 20.8 Å². The molecule has 0 aromatic rings. The van der Waals surface area contributed by atoms with E-state index in [0.29, 0.717) is 11.7 Å². The zero-order chi connectivity index (χ0) is 18.7. The third kappa shape index (κ3) is 4.36. The highest BCUT2D eigenvalue weighted by atomic mass is 16.6. The van der Waals surface area contributed by atoms with Crippen LogP contribution in [0.1, 0.15) is 85.0 Å². The number of ether oxygens (including phenoxy) is 2. The first kappa shape index (κ1) is 19.1. The molecular weight excluding hydrogens is 330 g/mol. The molecule has 3 rings (SSSR count). The molecule has 0 unspecified atom stereocenters. The summed E-state index contributed by atoms with van der Waals surface area (Å²) in [5, 5.41) is 0. The highest BCUT2D eigenvalue weighted by Gasteiger charge is 2.38. The molecule has 1 heterocycles. The molecule has 0 radical (unpaired) electrons. The van der Waals surface area contributed by atoms with Crippen LogP contribution in [0.25, 0.3) is 0 Å². The lowest BCUT2D eigenvalue weighted by atomic mass is 9.86. The number of esters is 2. The van der Waals surface area contributed by atoms with E-state index in [0.717, 1.165) is 51.4 Å². The Morgan fingerprint density at radius 1 is 0.962 bits per heavy atom. The van der Waals surface area contributed by atoms with E-state index in [2.05, 4.69) is 4.99 Å². The molecule has 2 fully saturated rings. The van der Waals surface area contributed by atoms with Gasteiger partial charge in [0.15, 0.2) is 5.70 Å². The maximum Gasteiger partial charge on any atom is 0.367 e. The predicted molar refractivity (Wildman–Crippen MR) is 99.3 cm³/mol. The van der Waals surface area contributed by atoms with E-state index in [-0.39, 0.29) is 28.9 Å². The Kier molecular flexibility index (Phi) is 5.83. The maximum absolute atomic E-state index is 12.7. The smallest absolute Gasteiger partial charge is 0.367 e.